The molecule has 0 amide bonds. The van der Waals surface area contributed by atoms with E-state index in [4.69, 9.17) is 4.74 Å². The van der Waals surface area contributed by atoms with E-state index >= 15 is 0 Å². The van der Waals surface area contributed by atoms with Crippen LogP contribution < -0.4 is 4.74 Å². The number of benzene rings is 5. The lowest BCUT2D eigenvalue weighted by atomic mass is 9.63. The molecule has 0 N–H and O–H groups in total. The Morgan fingerprint density at radius 3 is 1.82 bits per heavy atom. The van der Waals surface area contributed by atoms with E-state index in [0.717, 1.165) is 11.5 Å². The maximum Gasteiger partial charge on any atom is 0.132 e. The van der Waals surface area contributed by atoms with E-state index in [2.05, 4.69) is 121 Å². The SMILES string of the molecule is c1ccc(C2(c3cccc4c3sc3ccccc34)c3ccccc3Oc3ccccc32)cc1. The summed E-state index contributed by atoms with van der Waals surface area (Å²) in [5.41, 5.74) is 4.43. The highest BCUT2D eigenvalue weighted by molar-refractivity contribution is 7.26. The van der Waals surface area contributed by atoms with Gasteiger partial charge in [-0.15, -0.1) is 11.3 Å². The molecule has 1 aliphatic rings. The Hall–Kier alpha value is -3.88. The third-order valence-electron chi connectivity index (χ3n) is 6.82. The van der Waals surface area contributed by atoms with Crippen LogP contribution in [0.3, 0.4) is 0 Å². The van der Waals surface area contributed by atoms with E-state index in [0.29, 0.717) is 0 Å². The Morgan fingerprint density at radius 1 is 0.485 bits per heavy atom. The summed E-state index contributed by atoms with van der Waals surface area (Å²) in [5, 5.41) is 2.63. The molecule has 0 atom stereocenters. The van der Waals surface area contributed by atoms with E-state index in [1.165, 1.54) is 42.4 Å². The van der Waals surface area contributed by atoms with Gasteiger partial charge in [-0.05, 0) is 29.3 Å². The predicted octanol–water partition coefficient (Wildman–Crippen LogP) is 8.54. The number of para-hydroxylation sites is 2. The van der Waals surface area contributed by atoms with Gasteiger partial charge in [-0.25, -0.2) is 0 Å². The fourth-order valence-corrected chi connectivity index (χ4v) is 6.76. The molecule has 0 unspecified atom stereocenters. The molecule has 7 rings (SSSR count). The first-order chi connectivity index (χ1) is 16.4. The normalized spacial score (nSPS) is 13.9. The average Bonchev–Trinajstić information content (AvgIpc) is 3.27. The molecule has 0 saturated carbocycles. The maximum atomic E-state index is 6.45. The predicted molar refractivity (Wildman–Crippen MR) is 138 cm³/mol. The van der Waals surface area contributed by atoms with Crippen molar-refractivity contribution in [3.63, 3.8) is 0 Å². The molecule has 33 heavy (non-hydrogen) atoms. The average molecular weight is 441 g/mol. The molecule has 156 valence electrons. The summed E-state index contributed by atoms with van der Waals surface area (Å²) in [4.78, 5) is 0. The van der Waals surface area contributed by atoms with Gasteiger partial charge in [-0.3, -0.25) is 0 Å². The number of thiophene rings is 1. The van der Waals surface area contributed by atoms with Crippen LogP contribution in [-0.4, -0.2) is 0 Å². The van der Waals surface area contributed by atoms with Crippen molar-refractivity contribution < 1.29 is 4.74 Å². The molecule has 0 fully saturated rings. The second-order valence-corrected chi connectivity index (χ2v) is 9.54. The first kappa shape index (κ1) is 18.7. The molecular weight excluding hydrogens is 420 g/mol. The molecule has 0 spiro atoms. The van der Waals surface area contributed by atoms with Crippen LogP contribution in [0, 0.1) is 0 Å². The van der Waals surface area contributed by atoms with Crippen LogP contribution >= 0.6 is 11.3 Å². The lowest BCUT2D eigenvalue weighted by molar-refractivity contribution is 0.435. The highest BCUT2D eigenvalue weighted by Crippen LogP contribution is 2.57. The minimum absolute atomic E-state index is 0.479. The minimum Gasteiger partial charge on any atom is -0.457 e. The van der Waals surface area contributed by atoms with E-state index in [9.17, 15) is 0 Å². The summed E-state index contributed by atoms with van der Waals surface area (Å²) >= 11 is 1.88. The third-order valence-corrected chi connectivity index (χ3v) is 8.04. The van der Waals surface area contributed by atoms with Crippen molar-refractivity contribution in [1.82, 2.24) is 0 Å². The summed E-state index contributed by atoms with van der Waals surface area (Å²) in [6, 6.07) is 43.4. The highest BCUT2D eigenvalue weighted by atomic mass is 32.1. The molecule has 6 aromatic rings. The molecule has 1 aliphatic heterocycles. The summed E-state index contributed by atoms with van der Waals surface area (Å²) in [5.74, 6) is 1.83. The maximum absolute atomic E-state index is 6.45. The highest BCUT2D eigenvalue weighted by Gasteiger charge is 2.46. The van der Waals surface area contributed by atoms with Crippen LogP contribution in [0.15, 0.2) is 121 Å². The van der Waals surface area contributed by atoms with Gasteiger partial charge in [-0.2, -0.15) is 0 Å². The standard InChI is InChI=1S/C31H20OS/c1-2-11-21(12-3-1)31(24-15-5-7-18-27(24)32-28-19-8-6-16-25(28)31)26-17-10-14-23-22-13-4-9-20-29(22)33-30(23)26/h1-20H. The van der Waals surface area contributed by atoms with Gasteiger partial charge in [0, 0.05) is 31.3 Å². The van der Waals surface area contributed by atoms with Crippen molar-refractivity contribution >= 4 is 31.5 Å². The topological polar surface area (TPSA) is 9.23 Å². The van der Waals surface area contributed by atoms with Gasteiger partial charge < -0.3 is 4.74 Å². The number of ether oxygens (including phenoxy) is 1. The number of fused-ring (bicyclic) bond motifs is 5. The lowest BCUT2D eigenvalue weighted by Gasteiger charge is -2.41. The van der Waals surface area contributed by atoms with Gasteiger partial charge in [0.25, 0.3) is 0 Å². The molecule has 0 bridgehead atoms. The number of hydrogen-bond donors (Lipinski definition) is 0. The largest absolute Gasteiger partial charge is 0.457 e. The monoisotopic (exact) mass is 440 g/mol. The van der Waals surface area contributed by atoms with Crippen molar-refractivity contribution in [2.75, 3.05) is 0 Å². The van der Waals surface area contributed by atoms with Crippen LogP contribution in [0.2, 0.25) is 0 Å². The summed E-state index contributed by atoms with van der Waals surface area (Å²) in [6.07, 6.45) is 0. The fraction of sp³-hybridized carbons (Fsp3) is 0.0323. The third kappa shape index (κ3) is 2.53. The first-order valence-electron chi connectivity index (χ1n) is 11.2. The Kier molecular flexibility index (Phi) is 3.99. The van der Waals surface area contributed by atoms with Crippen LogP contribution in [0.25, 0.3) is 20.2 Å². The molecule has 0 radical (unpaired) electrons. The van der Waals surface area contributed by atoms with Crippen LogP contribution in [0.1, 0.15) is 22.3 Å². The van der Waals surface area contributed by atoms with Crippen molar-refractivity contribution in [1.29, 1.82) is 0 Å². The Labute approximate surface area is 196 Å². The Bertz CT molecular complexity index is 1600. The second-order valence-electron chi connectivity index (χ2n) is 8.49. The zero-order valence-corrected chi connectivity index (χ0v) is 18.7. The lowest BCUT2D eigenvalue weighted by Crippen LogP contribution is -2.34. The van der Waals surface area contributed by atoms with Crippen molar-refractivity contribution in [3.8, 4) is 11.5 Å². The molecule has 1 aromatic heterocycles. The van der Waals surface area contributed by atoms with Gasteiger partial charge in [0.2, 0.25) is 0 Å². The van der Waals surface area contributed by atoms with Gasteiger partial charge in [0.05, 0.1) is 5.41 Å². The number of hydrogen-bond acceptors (Lipinski definition) is 2. The van der Waals surface area contributed by atoms with E-state index in [-0.39, 0.29) is 0 Å². The Balaban J connectivity index is 1.71. The van der Waals surface area contributed by atoms with Gasteiger partial charge >= 0.3 is 0 Å². The van der Waals surface area contributed by atoms with E-state index in [1.54, 1.807) is 0 Å². The zero-order valence-electron chi connectivity index (χ0n) is 17.9. The van der Waals surface area contributed by atoms with E-state index in [1.807, 2.05) is 11.3 Å². The van der Waals surface area contributed by atoms with Gasteiger partial charge in [-0.1, -0.05) is 103 Å². The molecule has 2 heteroatoms. The Morgan fingerprint density at radius 2 is 1.06 bits per heavy atom. The van der Waals surface area contributed by atoms with Crippen LogP contribution in [-0.2, 0) is 5.41 Å². The quantitative estimate of drug-likeness (QED) is 0.262. The molecule has 5 aromatic carbocycles. The van der Waals surface area contributed by atoms with Crippen LogP contribution in [0.5, 0.6) is 11.5 Å². The molecule has 0 saturated heterocycles. The van der Waals surface area contributed by atoms with Gasteiger partial charge in [0.15, 0.2) is 0 Å². The van der Waals surface area contributed by atoms with Crippen LogP contribution in [0.4, 0.5) is 0 Å². The molecular formula is C31H20OS. The molecule has 1 nitrogen and oxygen atoms in total. The summed E-state index contributed by atoms with van der Waals surface area (Å²) in [7, 11) is 0. The zero-order chi connectivity index (χ0) is 21.8. The smallest absolute Gasteiger partial charge is 0.132 e. The minimum atomic E-state index is -0.479. The number of rotatable bonds is 2. The van der Waals surface area contributed by atoms with Crippen molar-refractivity contribution in [2.45, 2.75) is 5.41 Å². The molecule has 2 heterocycles. The molecule has 0 aliphatic carbocycles. The summed E-state index contributed by atoms with van der Waals surface area (Å²) < 4.78 is 9.09. The summed E-state index contributed by atoms with van der Waals surface area (Å²) in [6.45, 7) is 0. The van der Waals surface area contributed by atoms with E-state index < -0.39 is 5.41 Å². The second kappa shape index (κ2) is 7.06. The van der Waals surface area contributed by atoms with Crippen molar-refractivity contribution in [3.05, 3.63) is 144 Å². The van der Waals surface area contributed by atoms with Gasteiger partial charge in [0.1, 0.15) is 11.5 Å². The fourth-order valence-electron chi connectivity index (χ4n) is 5.48. The first-order valence-corrected chi connectivity index (χ1v) is 12.0. The van der Waals surface area contributed by atoms with Crippen molar-refractivity contribution in [2.24, 2.45) is 0 Å².